The highest BCUT2D eigenvalue weighted by Gasteiger charge is 2.34. The lowest BCUT2D eigenvalue weighted by Gasteiger charge is -2.25. The molecule has 1 heterocycles. The van der Waals surface area contributed by atoms with E-state index in [9.17, 15) is 32.3 Å². The van der Waals surface area contributed by atoms with Gasteiger partial charge in [-0.1, -0.05) is 31.2 Å². The van der Waals surface area contributed by atoms with Gasteiger partial charge in [-0.3, -0.25) is 9.78 Å². The van der Waals surface area contributed by atoms with Crippen LogP contribution in [-0.4, -0.2) is 27.5 Å². The van der Waals surface area contributed by atoms with Gasteiger partial charge in [0.1, 0.15) is 23.7 Å². The summed E-state index contributed by atoms with van der Waals surface area (Å²) in [5.74, 6) is -2.91. The first-order valence-electron chi connectivity index (χ1n) is 9.88. The van der Waals surface area contributed by atoms with Crippen molar-refractivity contribution in [2.24, 2.45) is 0 Å². The van der Waals surface area contributed by atoms with Crippen molar-refractivity contribution in [2.75, 3.05) is 0 Å². The number of aromatic nitrogens is 1. The van der Waals surface area contributed by atoms with Gasteiger partial charge in [-0.05, 0) is 31.5 Å². The normalized spacial score (nSPS) is 13.4. The Morgan fingerprint density at radius 3 is 2.33 bits per heavy atom. The number of halogens is 4. The van der Waals surface area contributed by atoms with Gasteiger partial charge in [-0.25, -0.2) is 9.18 Å². The summed E-state index contributed by atoms with van der Waals surface area (Å²) in [5.41, 5.74) is -2.64. The van der Waals surface area contributed by atoms with Crippen molar-refractivity contribution in [2.45, 2.75) is 38.6 Å². The van der Waals surface area contributed by atoms with Gasteiger partial charge >= 0.3 is 12.1 Å². The number of carboxylic acid groups (broad SMARTS) is 1. The number of nitrogens with one attached hydrogen (secondary N) is 1. The maximum Gasteiger partial charge on any atom is 0.417 e. The van der Waals surface area contributed by atoms with Crippen molar-refractivity contribution in [1.82, 2.24) is 10.3 Å². The highest BCUT2D eigenvalue weighted by molar-refractivity contribution is 6.05. The number of benzene rings is 2. The molecule has 0 spiro atoms. The molecule has 33 heavy (non-hydrogen) atoms. The summed E-state index contributed by atoms with van der Waals surface area (Å²) >= 11 is 0. The minimum absolute atomic E-state index is 0.0463. The van der Waals surface area contributed by atoms with Gasteiger partial charge < -0.3 is 15.2 Å². The first-order valence-corrected chi connectivity index (χ1v) is 9.88. The summed E-state index contributed by atoms with van der Waals surface area (Å²) in [4.78, 5) is 28.3. The highest BCUT2D eigenvalue weighted by atomic mass is 19.4. The lowest BCUT2D eigenvalue weighted by Crippen LogP contribution is -2.51. The average Bonchev–Trinajstić information content (AvgIpc) is 2.77. The lowest BCUT2D eigenvalue weighted by molar-refractivity contribution is -0.144. The van der Waals surface area contributed by atoms with E-state index in [1.165, 1.54) is 19.1 Å². The molecule has 10 heteroatoms. The second-order valence-electron chi connectivity index (χ2n) is 7.55. The average molecular weight is 464 g/mol. The largest absolute Gasteiger partial charge is 0.486 e. The van der Waals surface area contributed by atoms with Gasteiger partial charge in [0.25, 0.3) is 5.91 Å². The molecule has 3 rings (SSSR count). The Bertz CT molecular complexity index is 1200. The monoisotopic (exact) mass is 464 g/mol. The SMILES string of the molecule is CCC(C)(NC(=O)c1cc(F)c2ccccc2c1OCc1ccc(C(F)(F)F)cn1)C(=O)O. The zero-order valence-corrected chi connectivity index (χ0v) is 17.7. The Morgan fingerprint density at radius 1 is 1.12 bits per heavy atom. The molecular formula is C23H20F4N2O4. The standard InChI is InChI=1S/C23H20F4N2O4/c1-3-22(2,21(31)32)29-20(30)17-10-18(24)15-6-4-5-7-16(15)19(17)33-12-14-9-8-13(11-28-14)23(25,26)27/h4-11H,3,12H2,1-2H3,(H,29,30)(H,31,32). The number of alkyl halides is 3. The fourth-order valence-electron chi connectivity index (χ4n) is 3.06. The Balaban J connectivity index is 1.99. The number of ether oxygens (including phenoxy) is 1. The number of fused-ring (bicyclic) bond motifs is 1. The minimum atomic E-state index is -4.54. The molecule has 0 bridgehead atoms. The Hall–Kier alpha value is -3.69. The number of amides is 1. The molecule has 3 aromatic rings. The maximum atomic E-state index is 14.7. The van der Waals surface area contributed by atoms with E-state index in [4.69, 9.17) is 4.74 Å². The van der Waals surface area contributed by atoms with Crippen LogP contribution in [0.2, 0.25) is 0 Å². The van der Waals surface area contributed by atoms with Gasteiger partial charge in [0.05, 0.1) is 16.8 Å². The summed E-state index contributed by atoms with van der Waals surface area (Å²) in [7, 11) is 0. The van der Waals surface area contributed by atoms with Crippen LogP contribution in [0.1, 0.15) is 41.9 Å². The van der Waals surface area contributed by atoms with Gasteiger partial charge in [-0.15, -0.1) is 0 Å². The zero-order valence-electron chi connectivity index (χ0n) is 17.7. The topological polar surface area (TPSA) is 88.5 Å². The smallest absolute Gasteiger partial charge is 0.417 e. The maximum absolute atomic E-state index is 14.7. The van der Waals surface area contributed by atoms with Crippen molar-refractivity contribution < 1.29 is 37.0 Å². The van der Waals surface area contributed by atoms with Gasteiger partial charge in [0.15, 0.2) is 0 Å². The molecule has 0 fully saturated rings. The molecule has 1 unspecified atom stereocenters. The van der Waals surface area contributed by atoms with Crippen LogP contribution in [0.3, 0.4) is 0 Å². The number of aliphatic carboxylic acids is 1. The molecule has 0 saturated heterocycles. The molecule has 0 aliphatic rings. The number of rotatable bonds is 7. The summed E-state index contributed by atoms with van der Waals surface area (Å²) in [6, 6.07) is 9.09. The van der Waals surface area contributed by atoms with E-state index in [0.717, 1.165) is 18.2 Å². The van der Waals surface area contributed by atoms with Crippen molar-refractivity contribution in [3.8, 4) is 5.75 Å². The van der Waals surface area contributed by atoms with E-state index in [1.807, 2.05) is 0 Å². The van der Waals surface area contributed by atoms with Crippen LogP contribution >= 0.6 is 0 Å². The third-order valence-electron chi connectivity index (χ3n) is 5.27. The summed E-state index contributed by atoms with van der Waals surface area (Å²) in [5, 5.41) is 12.2. The van der Waals surface area contributed by atoms with E-state index in [-0.39, 0.29) is 40.8 Å². The second kappa shape index (κ2) is 9.05. The first-order chi connectivity index (χ1) is 15.5. The first kappa shape index (κ1) is 24.0. The molecular weight excluding hydrogens is 444 g/mol. The van der Waals surface area contributed by atoms with Crippen molar-refractivity contribution in [3.63, 3.8) is 0 Å². The fourth-order valence-corrected chi connectivity index (χ4v) is 3.06. The van der Waals surface area contributed by atoms with Crippen LogP contribution in [0, 0.1) is 5.82 Å². The van der Waals surface area contributed by atoms with Gasteiger partial charge in [0, 0.05) is 17.0 Å². The predicted molar refractivity (Wildman–Crippen MR) is 111 cm³/mol. The van der Waals surface area contributed by atoms with Crippen LogP contribution in [0.25, 0.3) is 10.8 Å². The number of carboxylic acids is 1. The molecule has 174 valence electrons. The minimum Gasteiger partial charge on any atom is -0.486 e. The molecule has 0 aliphatic carbocycles. The second-order valence-corrected chi connectivity index (χ2v) is 7.55. The predicted octanol–water partition coefficient (Wildman–Crippen LogP) is 4.95. The molecule has 6 nitrogen and oxygen atoms in total. The third-order valence-corrected chi connectivity index (χ3v) is 5.27. The number of pyridine rings is 1. The number of carbonyl (C=O) groups is 2. The Morgan fingerprint density at radius 2 is 1.79 bits per heavy atom. The molecule has 1 amide bonds. The third kappa shape index (κ3) is 5.05. The number of carbonyl (C=O) groups excluding carboxylic acids is 1. The molecule has 2 N–H and O–H groups in total. The van der Waals surface area contributed by atoms with E-state index >= 15 is 0 Å². The Kier molecular flexibility index (Phi) is 6.57. The summed E-state index contributed by atoms with van der Waals surface area (Å²) in [6.45, 7) is 2.58. The molecule has 2 aromatic carbocycles. The summed E-state index contributed by atoms with van der Waals surface area (Å²) in [6.07, 6.45) is -3.81. The van der Waals surface area contributed by atoms with E-state index < -0.39 is 35.0 Å². The molecule has 0 radical (unpaired) electrons. The van der Waals surface area contributed by atoms with Crippen LogP contribution in [-0.2, 0) is 17.6 Å². The highest BCUT2D eigenvalue weighted by Crippen LogP contribution is 2.33. The van der Waals surface area contributed by atoms with Crippen LogP contribution in [0.4, 0.5) is 17.6 Å². The van der Waals surface area contributed by atoms with Gasteiger partial charge in [-0.2, -0.15) is 13.2 Å². The van der Waals surface area contributed by atoms with Gasteiger partial charge in [0.2, 0.25) is 0 Å². The fraction of sp³-hybridized carbons (Fsp3) is 0.261. The molecule has 1 aromatic heterocycles. The number of hydrogen-bond acceptors (Lipinski definition) is 4. The Labute approximate surface area is 186 Å². The molecule has 0 saturated carbocycles. The molecule has 1 atom stereocenters. The van der Waals surface area contributed by atoms with Crippen LogP contribution in [0.5, 0.6) is 5.75 Å². The van der Waals surface area contributed by atoms with Crippen molar-refractivity contribution >= 4 is 22.6 Å². The molecule has 0 aliphatic heterocycles. The number of nitrogens with zero attached hydrogens (tertiary/aromatic N) is 1. The van der Waals surface area contributed by atoms with Crippen molar-refractivity contribution in [3.05, 3.63) is 71.3 Å². The quantitative estimate of drug-likeness (QED) is 0.483. The van der Waals surface area contributed by atoms with Crippen LogP contribution < -0.4 is 10.1 Å². The number of hydrogen-bond donors (Lipinski definition) is 2. The zero-order chi connectivity index (χ0) is 24.4. The lowest BCUT2D eigenvalue weighted by atomic mass is 9.97. The summed E-state index contributed by atoms with van der Waals surface area (Å²) < 4.78 is 58.7. The van der Waals surface area contributed by atoms with Crippen molar-refractivity contribution in [1.29, 1.82) is 0 Å². The van der Waals surface area contributed by atoms with E-state index in [0.29, 0.717) is 6.20 Å². The van der Waals surface area contributed by atoms with E-state index in [2.05, 4.69) is 10.3 Å². The van der Waals surface area contributed by atoms with Crippen LogP contribution in [0.15, 0.2) is 48.7 Å². The van der Waals surface area contributed by atoms with E-state index in [1.54, 1.807) is 19.1 Å².